The summed E-state index contributed by atoms with van der Waals surface area (Å²) in [5, 5.41) is 10.6. The van der Waals surface area contributed by atoms with E-state index in [-0.39, 0.29) is 11.6 Å². The third-order valence-electron chi connectivity index (χ3n) is 5.51. The number of nitrogens with zero attached hydrogens (tertiary/aromatic N) is 1. The maximum Gasteiger partial charge on any atom is 0.0695 e. The van der Waals surface area contributed by atoms with Crippen molar-refractivity contribution in [3.63, 3.8) is 0 Å². The molecule has 1 rings (SSSR count). The van der Waals surface area contributed by atoms with Crippen molar-refractivity contribution in [2.45, 2.75) is 109 Å². The van der Waals surface area contributed by atoms with Crippen molar-refractivity contribution in [2.75, 3.05) is 7.05 Å². The average Bonchev–Trinajstić information content (AvgIpc) is 2.42. The maximum absolute atomic E-state index is 10.6. The van der Waals surface area contributed by atoms with Crippen LogP contribution in [0, 0.1) is 0 Å². The summed E-state index contributed by atoms with van der Waals surface area (Å²) in [5.74, 6) is 0. The quantitative estimate of drug-likeness (QED) is 0.808. The lowest BCUT2D eigenvalue weighted by Crippen LogP contribution is -2.51. The predicted molar refractivity (Wildman–Crippen MR) is 88.1 cm³/mol. The molecular weight excluding hydrogens is 246 g/mol. The molecule has 0 radical (unpaired) electrons. The number of rotatable bonds is 3. The molecular formula is C18H37NO. The van der Waals surface area contributed by atoms with Gasteiger partial charge in [-0.1, -0.05) is 58.3 Å². The highest BCUT2D eigenvalue weighted by Gasteiger charge is 2.31. The molecule has 0 aromatic heterocycles. The van der Waals surface area contributed by atoms with Crippen LogP contribution in [-0.4, -0.2) is 34.7 Å². The first-order valence-electron chi connectivity index (χ1n) is 8.90. The van der Waals surface area contributed by atoms with Crippen LogP contribution in [0.1, 0.15) is 91.4 Å². The molecule has 1 N–H and O–H groups in total. The van der Waals surface area contributed by atoms with Gasteiger partial charge in [0.2, 0.25) is 0 Å². The monoisotopic (exact) mass is 283 g/mol. The first-order valence-corrected chi connectivity index (χ1v) is 8.90. The summed E-state index contributed by atoms with van der Waals surface area (Å²) < 4.78 is 0. The third kappa shape index (κ3) is 5.73. The van der Waals surface area contributed by atoms with E-state index in [4.69, 9.17) is 0 Å². The van der Waals surface area contributed by atoms with E-state index in [9.17, 15) is 5.11 Å². The molecule has 20 heavy (non-hydrogen) atoms. The topological polar surface area (TPSA) is 23.5 Å². The van der Waals surface area contributed by atoms with Gasteiger partial charge >= 0.3 is 0 Å². The Labute approximate surface area is 126 Å². The normalized spacial score (nSPS) is 27.9. The van der Waals surface area contributed by atoms with Gasteiger partial charge in [-0.25, -0.2) is 0 Å². The van der Waals surface area contributed by atoms with Crippen LogP contribution in [0.15, 0.2) is 0 Å². The van der Waals surface area contributed by atoms with Crippen molar-refractivity contribution in [1.29, 1.82) is 0 Å². The molecule has 0 aromatic carbocycles. The average molecular weight is 283 g/mol. The van der Waals surface area contributed by atoms with Crippen molar-refractivity contribution >= 4 is 0 Å². The molecule has 1 fully saturated rings. The van der Waals surface area contributed by atoms with Crippen molar-refractivity contribution in [3.05, 3.63) is 0 Å². The predicted octanol–water partition coefficient (Wildman–Crippen LogP) is 4.75. The van der Waals surface area contributed by atoms with Gasteiger partial charge in [0.05, 0.1) is 6.10 Å². The molecule has 120 valence electrons. The summed E-state index contributed by atoms with van der Waals surface area (Å²) >= 11 is 0. The molecule has 2 unspecified atom stereocenters. The molecule has 2 heteroatoms. The van der Waals surface area contributed by atoms with Crippen molar-refractivity contribution in [1.82, 2.24) is 4.90 Å². The van der Waals surface area contributed by atoms with E-state index in [2.05, 4.69) is 32.7 Å². The van der Waals surface area contributed by atoms with Gasteiger partial charge in [-0.15, -0.1) is 0 Å². The fourth-order valence-electron chi connectivity index (χ4n) is 3.30. The molecule has 0 bridgehead atoms. The fourth-order valence-corrected chi connectivity index (χ4v) is 3.30. The number of hydrogen-bond acceptors (Lipinski definition) is 2. The summed E-state index contributed by atoms with van der Waals surface area (Å²) in [6, 6.07) is 0.337. The zero-order chi connectivity index (χ0) is 15.0. The first kappa shape index (κ1) is 18.0. The van der Waals surface area contributed by atoms with E-state index >= 15 is 0 Å². The number of hydrogen-bond donors (Lipinski definition) is 1. The molecule has 2 atom stereocenters. The summed E-state index contributed by atoms with van der Waals surface area (Å²) in [4.78, 5) is 2.45. The molecule has 0 amide bonds. The minimum atomic E-state index is -0.148. The van der Waals surface area contributed by atoms with Gasteiger partial charge in [0.15, 0.2) is 0 Å². The van der Waals surface area contributed by atoms with E-state index < -0.39 is 0 Å². The summed E-state index contributed by atoms with van der Waals surface area (Å²) in [5.41, 5.74) is 0.183. The summed E-state index contributed by atoms with van der Waals surface area (Å²) in [7, 11) is 2.21. The van der Waals surface area contributed by atoms with Crippen molar-refractivity contribution in [3.8, 4) is 0 Å². The second-order valence-corrected chi connectivity index (χ2v) is 7.32. The summed E-state index contributed by atoms with van der Waals surface area (Å²) in [6.07, 6.45) is 13.7. The Morgan fingerprint density at radius 3 is 1.85 bits per heavy atom. The van der Waals surface area contributed by atoms with Gasteiger partial charge in [-0.05, 0) is 40.2 Å². The molecule has 0 aromatic rings. The molecule has 0 spiro atoms. The lowest BCUT2D eigenvalue weighted by atomic mass is 9.90. The van der Waals surface area contributed by atoms with Crippen molar-refractivity contribution in [2.24, 2.45) is 0 Å². The van der Waals surface area contributed by atoms with Crippen LogP contribution in [0.3, 0.4) is 0 Å². The molecule has 1 aliphatic carbocycles. The van der Waals surface area contributed by atoms with Gasteiger partial charge in [0.25, 0.3) is 0 Å². The van der Waals surface area contributed by atoms with Gasteiger partial charge < -0.3 is 5.11 Å². The fraction of sp³-hybridized carbons (Fsp3) is 1.00. The molecule has 2 nitrogen and oxygen atoms in total. The highest BCUT2D eigenvalue weighted by molar-refractivity contribution is 4.87. The van der Waals surface area contributed by atoms with Gasteiger partial charge in [-0.2, -0.15) is 0 Å². The van der Waals surface area contributed by atoms with Crippen LogP contribution in [0.5, 0.6) is 0 Å². The third-order valence-corrected chi connectivity index (χ3v) is 5.51. The maximum atomic E-state index is 10.6. The summed E-state index contributed by atoms with van der Waals surface area (Å²) in [6.45, 7) is 6.85. The van der Waals surface area contributed by atoms with Gasteiger partial charge in [0, 0.05) is 11.6 Å². The SMILES string of the molecule is CCC(C)(C)N(C)C1CCCCCCCCCCC1O. The minimum absolute atomic E-state index is 0.148. The number of aliphatic hydroxyl groups excluding tert-OH is 1. The van der Waals surface area contributed by atoms with Crippen LogP contribution in [0.25, 0.3) is 0 Å². The van der Waals surface area contributed by atoms with Gasteiger partial charge in [-0.3, -0.25) is 4.90 Å². The Hall–Kier alpha value is -0.0800. The van der Waals surface area contributed by atoms with Crippen LogP contribution >= 0.6 is 0 Å². The molecule has 0 saturated heterocycles. The van der Waals surface area contributed by atoms with E-state index in [1.165, 1.54) is 51.4 Å². The zero-order valence-corrected chi connectivity index (χ0v) is 14.3. The largest absolute Gasteiger partial charge is 0.391 e. The lowest BCUT2D eigenvalue weighted by molar-refractivity contribution is -0.00154. The van der Waals surface area contributed by atoms with Crippen LogP contribution < -0.4 is 0 Å². The second-order valence-electron chi connectivity index (χ2n) is 7.32. The smallest absolute Gasteiger partial charge is 0.0695 e. The molecule has 0 aliphatic heterocycles. The Morgan fingerprint density at radius 1 is 0.900 bits per heavy atom. The number of aliphatic hydroxyl groups is 1. The Morgan fingerprint density at radius 2 is 1.35 bits per heavy atom. The number of likely N-dealkylation sites (N-methyl/N-ethyl adjacent to an activating group) is 1. The minimum Gasteiger partial charge on any atom is -0.391 e. The van der Waals surface area contributed by atoms with E-state index in [0.29, 0.717) is 6.04 Å². The highest BCUT2D eigenvalue weighted by atomic mass is 16.3. The molecule has 0 heterocycles. The Balaban J connectivity index is 2.65. The Kier molecular flexibility index (Phi) is 8.13. The standard InChI is InChI=1S/C18H37NO/c1-5-18(2,3)19(4)16-14-12-10-8-6-7-9-11-13-15-17(16)20/h16-17,20H,5-15H2,1-4H3. The van der Waals surface area contributed by atoms with E-state index in [1.807, 2.05) is 0 Å². The highest BCUT2D eigenvalue weighted by Crippen LogP contribution is 2.26. The first-order chi connectivity index (χ1) is 9.49. The molecule has 1 saturated carbocycles. The van der Waals surface area contributed by atoms with Crippen molar-refractivity contribution < 1.29 is 5.11 Å². The van der Waals surface area contributed by atoms with Crippen LogP contribution in [-0.2, 0) is 0 Å². The second kappa shape index (κ2) is 9.04. The van der Waals surface area contributed by atoms with Crippen LogP contribution in [0.2, 0.25) is 0 Å². The molecule has 1 aliphatic rings. The van der Waals surface area contributed by atoms with E-state index in [0.717, 1.165) is 19.3 Å². The Bertz CT molecular complexity index is 252. The van der Waals surface area contributed by atoms with Gasteiger partial charge in [0.1, 0.15) is 0 Å². The lowest BCUT2D eigenvalue weighted by Gasteiger charge is -2.43. The zero-order valence-electron chi connectivity index (χ0n) is 14.3. The van der Waals surface area contributed by atoms with E-state index in [1.54, 1.807) is 0 Å². The van der Waals surface area contributed by atoms with Crippen LogP contribution in [0.4, 0.5) is 0 Å².